The first kappa shape index (κ1) is 43.8. The number of ether oxygens (including phenoxy) is 10. The maximum absolute atomic E-state index is 12.9. The summed E-state index contributed by atoms with van der Waals surface area (Å²) < 4.78 is 58.3. The summed E-state index contributed by atoms with van der Waals surface area (Å²) in [7, 11) is 0. The van der Waals surface area contributed by atoms with Crippen LogP contribution < -0.4 is 0 Å². The molecule has 0 bridgehead atoms. The quantitative estimate of drug-likeness (QED) is 0.113. The van der Waals surface area contributed by atoms with Gasteiger partial charge in [-0.05, 0) is 34.1 Å². The Hall–Kier alpha value is -3.34. The molecule has 16 nitrogen and oxygen atoms in total. The molecule has 0 N–H and O–H groups in total. The summed E-state index contributed by atoms with van der Waals surface area (Å²) in [6.07, 6.45) is -9.12. The zero-order chi connectivity index (χ0) is 38.4. The van der Waals surface area contributed by atoms with E-state index in [-0.39, 0.29) is 12.5 Å². The van der Waals surface area contributed by atoms with Gasteiger partial charge in [0.25, 0.3) is 0 Å². The zero-order valence-electron chi connectivity index (χ0n) is 31.4. The number of hydrogen-bond acceptors (Lipinski definition) is 16. The third kappa shape index (κ3) is 14.7. The Kier molecular flexibility index (Phi) is 18.3. The molecular formula is C35H56O16. The van der Waals surface area contributed by atoms with Gasteiger partial charge in [-0.25, -0.2) is 0 Å². The lowest BCUT2D eigenvalue weighted by Crippen LogP contribution is -2.66. The van der Waals surface area contributed by atoms with Crippen molar-refractivity contribution in [1.82, 2.24) is 0 Å². The van der Waals surface area contributed by atoms with E-state index in [0.29, 0.717) is 6.42 Å². The van der Waals surface area contributed by atoms with E-state index in [2.05, 4.69) is 6.92 Å². The minimum absolute atomic E-state index is 0.135. The van der Waals surface area contributed by atoms with Crippen LogP contribution in [0.3, 0.4) is 0 Å². The molecule has 0 aromatic rings. The number of hydrogen-bond donors (Lipinski definition) is 0. The second-order valence-electron chi connectivity index (χ2n) is 13.1. The molecule has 11 atom stereocenters. The van der Waals surface area contributed by atoms with Crippen LogP contribution in [0, 0.1) is 0 Å². The normalized spacial score (nSPS) is 29.7. The van der Waals surface area contributed by atoms with Gasteiger partial charge in [-0.2, -0.15) is 0 Å². The van der Waals surface area contributed by atoms with Crippen LogP contribution in [-0.2, 0) is 76.1 Å². The number of rotatable bonds is 18. The molecule has 2 aliphatic heterocycles. The molecule has 16 heteroatoms. The lowest BCUT2D eigenvalue weighted by Gasteiger charge is -2.48. The van der Waals surface area contributed by atoms with E-state index in [9.17, 15) is 28.8 Å². The molecule has 292 valence electrons. The van der Waals surface area contributed by atoms with Crippen molar-refractivity contribution in [2.24, 2.45) is 0 Å². The fourth-order valence-corrected chi connectivity index (χ4v) is 6.02. The summed E-state index contributed by atoms with van der Waals surface area (Å²) in [5.41, 5.74) is 0. The van der Waals surface area contributed by atoms with E-state index in [1.54, 1.807) is 20.8 Å². The van der Waals surface area contributed by atoms with Gasteiger partial charge >= 0.3 is 35.8 Å². The average molecular weight is 733 g/mol. The Morgan fingerprint density at radius 1 is 0.569 bits per heavy atom. The molecule has 2 rings (SSSR count). The van der Waals surface area contributed by atoms with Crippen molar-refractivity contribution in [3.8, 4) is 0 Å². The molecule has 0 amide bonds. The number of unbranched alkanes of at least 4 members (excludes halogenated alkanes) is 4. The minimum atomic E-state index is -1.57. The Bertz CT molecular complexity index is 1170. The third-order valence-corrected chi connectivity index (χ3v) is 7.97. The summed E-state index contributed by atoms with van der Waals surface area (Å²) in [5.74, 6) is -4.26. The van der Waals surface area contributed by atoms with E-state index in [1.807, 2.05) is 0 Å². The number of esters is 6. The smallest absolute Gasteiger partial charge is 0.308 e. The molecular weight excluding hydrogens is 676 g/mol. The molecule has 0 aliphatic carbocycles. The Morgan fingerprint density at radius 3 is 1.47 bits per heavy atom. The van der Waals surface area contributed by atoms with Gasteiger partial charge < -0.3 is 47.4 Å². The molecule has 0 radical (unpaired) electrons. The monoisotopic (exact) mass is 732 g/mol. The van der Waals surface area contributed by atoms with Crippen LogP contribution in [-0.4, -0.2) is 109 Å². The van der Waals surface area contributed by atoms with Crippen molar-refractivity contribution in [3.05, 3.63) is 0 Å². The predicted molar refractivity (Wildman–Crippen MR) is 175 cm³/mol. The maximum Gasteiger partial charge on any atom is 0.308 e. The maximum atomic E-state index is 12.9. The molecule has 2 fully saturated rings. The summed E-state index contributed by atoms with van der Waals surface area (Å²) in [6.45, 7) is 14.4. The highest BCUT2D eigenvalue weighted by molar-refractivity contribution is 5.70. The fraction of sp³-hybridized carbons (Fsp3) is 0.829. The van der Waals surface area contributed by atoms with Crippen LogP contribution in [0.25, 0.3) is 0 Å². The van der Waals surface area contributed by atoms with Crippen LogP contribution in [0.15, 0.2) is 0 Å². The first-order valence-corrected chi connectivity index (χ1v) is 17.6. The van der Waals surface area contributed by atoms with Crippen molar-refractivity contribution in [2.75, 3.05) is 0 Å². The molecule has 0 spiro atoms. The highest BCUT2D eigenvalue weighted by Gasteiger charge is 2.56. The number of carbonyl (C=O) groups excluding carboxylic acids is 6. The summed E-state index contributed by atoms with van der Waals surface area (Å²) in [5, 5.41) is 0. The average Bonchev–Trinajstić information content (AvgIpc) is 2.98. The van der Waals surface area contributed by atoms with Crippen molar-refractivity contribution < 1.29 is 76.1 Å². The van der Waals surface area contributed by atoms with E-state index in [0.717, 1.165) is 59.8 Å². The Morgan fingerprint density at radius 2 is 1.00 bits per heavy atom. The second-order valence-corrected chi connectivity index (χ2v) is 13.1. The van der Waals surface area contributed by atoms with Crippen molar-refractivity contribution in [2.45, 2.75) is 188 Å². The van der Waals surface area contributed by atoms with Gasteiger partial charge in [-0.3, -0.25) is 28.8 Å². The largest absolute Gasteiger partial charge is 0.463 e. The SMILES string of the molecule is CCCCCCCC(CC(=O)OC(C)C)O[C@@H]1O[C@@H](C)[C@H](OC(C)=O)[C@@H](OC(C)=O)[C@H]1O[C@@H]1O[C@H](C)C(OC(C)=O)[C@@H](OC(C)=O)[C@H]1OC(C)=O. The van der Waals surface area contributed by atoms with Crippen molar-refractivity contribution >= 4 is 35.8 Å². The first-order valence-electron chi connectivity index (χ1n) is 17.6. The molecule has 2 unspecified atom stereocenters. The van der Waals surface area contributed by atoms with E-state index in [1.165, 1.54) is 13.8 Å². The van der Waals surface area contributed by atoms with E-state index in [4.69, 9.17) is 47.4 Å². The molecule has 2 saturated heterocycles. The lowest BCUT2D eigenvalue weighted by atomic mass is 9.96. The van der Waals surface area contributed by atoms with Crippen LogP contribution in [0.1, 0.15) is 114 Å². The van der Waals surface area contributed by atoms with Crippen LogP contribution >= 0.6 is 0 Å². The molecule has 2 heterocycles. The summed E-state index contributed by atoms with van der Waals surface area (Å²) in [4.78, 5) is 74.2. The van der Waals surface area contributed by atoms with Crippen molar-refractivity contribution in [1.29, 1.82) is 0 Å². The Balaban J connectivity index is 2.62. The second kappa shape index (κ2) is 21.2. The summed E-state index contributed by atoms with van der Waals surface area (Å²) >= 11 is 0. The minimum Gasteiger partial charge on any atom is -0.463 e. The molecule has 0 saturated carbocycles. The topological polar surface area (TPSA) is 195 Å². The van der Waals surface area contributed by atoms with Crippen molar-refractivity contribution in [3.63, 3.8) is 0 Å². The lowest BCUT2D eigenvalue weighted by molar-refractivity contribution is -0.367. The van der Waals surface area contributed by atoms with Gasteiger partial charge in [0.1, 0.15) is 0 Å². The van der Waals surface area contributed by atoms with Gasteiger partial charge in [0.15, 0.2) is 49.2 Å². The predicted octanol–water partition coefficient (Wildman–Crippen LogP) is 3.61. The highest BCUT2D eigenvalue weighted by Crippen LogP contribution is 2.36. The highest BCUT2D eigenvalue weighted by atomic mass is 16.8. The standard InChI is InChI=1S/C35H56O16/c1-11-12-13-14-15-16-26(17-27(41)42-18(2)3)50-34-33(31(48-24(9)39)29(19(4)43-34)46-22(7)37)51-35-32(49-25(10)40)30(47-23(8)38)28(20(5)44-35)45-21(6)36/h18-20,26,28-35H,11-17H2,1-10H3/t19-,20+,26?,28?,29-,30+,31+,32+,33+,34-,35-/m0/s1. The van der Waals surface area contributed by atoms with Crippen LogP contribution in [0.4, 0.5) is 0 Å². The zero-order valence-corrected chi connectivity index (χ0v) is 31.4. The molecule has 0 aromatic carbocycles. The first-order chi connectivity index (χ1) is 23.9. The van der Waals surface area contributed by atoms with Crippen LogP contribution in [0.2, 0.25) is 0 Å². The third-order valence-electron chi connectivity index (χ3n) is 7.97. The van der Waals surface area contributed by atoms with Gasteiger partial charge in [-0.1, -0.05) is 39.0 Å². The van der Waals surface area contributed by atoms with E-state index < -0.39 is 103 Å². The number of carbonyl (C=O) groups is 6. The fourth-order valence-electron chi connectivity index (χ4n) is 6.02. The van der Waals surface area contributed by atoms with Gasteiger partial charge in [0.2, 0.25) is 0 Å². The Labute approximate surface area is 299 Å². The molecule has 2 aliphatic rings. The van der Waals surface area contributed by atoms with Crippen LogP contribution in [0.5, 0.6) is 0 Å². The molecule has 0 aromatic heterocycles. The van der Waals surface area contributed by atoms with Gasteiger partial charge in [-0.15, -0.1) is 0 Å². The molecule has 51 heavy (non-hydrogen) atoms. The van der Waals surface area contributed by atoms with E-state index >= 15 is 0 Å². The summed E-state index contributed by atoms with van der Waals surface area (Å²) in [6, 6.07) is 0. The van der Waals surface area contributed by atoms with Gasteiger partial charge in [0, 0.05) is 34.6 Å². The van der Waals surface area contributed by atoms with Gasteiger partial charge in [0.05, 0.1) is 30.8 Å².